The third-order valence-corrected chi connectivity index (χ3v) is 3.80. The molecule has 2 rings (SSSR count). The molecule has 7 heteroatoms. The Morgan fingerprint density at radius 3 is 2.22 bits per heavy atom. The van der Waals surface area contributed by atoms with Gasteiger partial charge in [0.05, 0.1) is 6.61 Å². The lowest BCUT2D eigenvalue weighted by molar-refractivity contribution is -0.139. The number of amides is 1. The van der Waals surface area contributed by atoms with Crippen LogP contribution in [0.3, 0.4) is 0 Å². The minimum atomic E-state index is -1.12. The van der Waals surface area contributed by atoms with Gasteiger partial charge in [0.1, 0.15) is 17.5 Å². The maximum absolute atomic E-state index is 11.7. The molecule has 2 aromatic carbocycles. The lowest BCUT2D eigenvalue weighted by Crippen LogP contribution is -2.42. The van der Waals surface area contributed by atoms with Crippen LogP contribution in [-0.4, -0.2) is 29.8 Å². The molecule has 0 saturated carbocycles. The normalized spacial score (nSPS) is 11.4. The van der Waals surface area contributed by atoms with Crippen molar-refractivity contribution >= 4 is 17.7 Å². The summed E-state index contributed by atoms with van der Waals surface area (Å²) in [6, 6.07) is 12.9. The Labute approximate surface area is 158 Å². The summed E-state index contributed by atoms with van der Waals surface area (Å²) in [5.41, 5.74) is 7.04. The SMILES string of the molecule is CCCCOC(=O)NC(Cc1ccc(Oc2ccc(N)cc2)cc1)C(=O)O. The molecule has 0 spiro atoms. The van der Waals surface area contributed by atoms with Crippen LogP contribution in [0.5, 0.6) is 11.5 Å². The molecule has 27 heavy (non-hydrogen) atoms. The first-order valence-electron chi connectivity index (χ1n) is 8.76. The van der Waals surface area contributed by atoms with Gasteiger partial charge in [0.2, 0.25) is 0 Å². The number of rotatable bonds is 9. The number of carbonyl (C=O) groups is 2. The van der Waals surface area contributed by atoms with Crippen molar-refractivity contribution in [1.82, 2.24) is 5.32 Å². The summed E-state index contributed by atoms with van der Waals surface area (Å²) >= 11 is 0. The largest absolute Gasteiger partial charge is 0.480 e. The number of carboxylic acid groups (broad SMARTS) is 1. The predicted octanol–water partition coefficient (Wildman–Crippen LogP) is 3.58. The highest BCUT2D eigenvalue weighted by Crippen LogP contribution is 2.22. The fourth-order valence-electron chi connectivity index (χ4n) is 2.29. The number of benzene rings is 2. The van der Waals surface area contributed by atoms with E-state index in [4.69, 9.17) is 15.2 Å². The number of nitrogens with two attached hydrogens (primary N) is 1. The summed E-state index contributed by atoms with van der Waals surface area (Å²) in [4.78, 5) is 23.1. The number of ether oxygens (including phenoxy) is 2. The Balaban J connectivity index is 1.92. The van der Waals surface area contributed by atoms with E-state index in [1.54, 1.807) is 48.5 Å². The molecule has 1 atom stereocenters. The summed E-state index contributed by atoms with van der Waals surface area (Å²) in [7, 11) is 0. The monoisotopic (exact) mass is 372 g/mol. The van der Waals surface area contributed by atoms with Crippen molar-refractivity contribution in [2.24, 2.45) is 0 Å². The van der Waals surface area contributed by atoms with E-state index in [0.717, 1.165) is 18.4 Å². The highest BCUT2D eigenvalue weighted by molar-refractivity contribution is 5.80. The summed E-state index contributed by atoms with van der Waals surface area (Å²) in [5.74, 6) is 0.142. The van der Waals surface area contributed by atoms with Crippen molar-refractivity contribution in [2.45, 2.75) is 32.2 Å². The van der Waals surface area contributed by atoms with Gasteiger partial charge >= 0.3 is 12.1 Å². The molecule has 0 aliphatic rings. The first-order valence-corrected chi connectivity index (χ1v) is 8.76. The number of anilines is 1. The van der Waals surface area contributed by atoms with Gasteiger partial charge in [-0.15, -0.1) is 0 Å². The molecule has 0 aromatic heterocycles. The number of hydrogen-bond acceptors (Lipinski definition) is 5. The van der Waals surface area contributed by atoms with Crippen molar-refractivity contribution in [3.05, 3.63) is 54.1 Å². The van der Waals surface area contributed by atoms with Crippen LogP contribution in [0, 0.1) is 0 Å². The van der Waals surface area contributed by atoms with Crippen molar-refractivity contribution in [2.75, 3.05) is 12.3 Å². The lowest BCUT2D eigenvalue weighted by atomic mass is 10.1. The van der Waals surface area contributed by atoms with Gasteiger partial charge in [0, 0.05) is 12.1 Å². The van der Waals surface area contributed by atoms with Gasteiger partial charge < -0.3 is 25.6 Å². The first kappa shape index (κ1) is 20.1. The number of nitrogens with one attached hydrogen (secondary N) is 1. The Kier molecular flexibility index (Phi) is 7.49. The molecule has 144 valence electrons. The first-order chi connectivity index (χ1) is 13.0. The molecule has 1 unspecified atom stereocenters. The second-order valence-corrected chi connectivity index (χ2v) is 6.04. The van der Waals surface area contributed by atoms with Crippen LogP contribution in [0.2, 0.25) is 0 Å². The van der Waals surface area contributed by atoms with Crippen molar-refractivity contribution in [3.8, 4) is 11.5 Å². The molecule has 0 fully saturated rings. The van der Waals surface area contributed by atoms with Crippen LogP contribution in [0.15, 0.2) is 48.5 Å². The second kappa shape index (κ2) is 10.1. The van der Waals surface area contributed by atoms with Crippen LogP contribution in [0.1, 0.15) is 25.3 Å². The Morgan fingerprint density at radius 2 is 1.67 bits per heavy atom. The van der Waals surface area contributed by atoms with Crippen LogP contribution in [0.25, 0.3) is 0 Å². The molecule has 0 aliphatic heterocycles. The number of nitrogen functional groups attached to an aromatic ring is 1. The predicted molar refractivity (Wildman–Crippen MR) is 102 cm³/mol. The number of aliphatic carboxylic acids is 1. The third kappa shape index (κ3) is 6.89. The molecule has 1 amide bonds. The van der Waals surface area contributed by atoms with Gasteiger partial charge in [-0.1, -0.05) is 25.5 Å². The summed E-state index contributed by atoms with van der Waals surface area (Å²) in [5, 5.41) is 11.7. The number of alkyl carbamates (subject to hydrolysis) is 1. The van der Waals surface area contributed by atoms with Crippen LogP contribution < -0.4 is 15.8 Å². The summed E-state index contributed by atoms with van der Waals surface area (Å²) in [6.07, 6.45) is 1.04. The summed E-state index contributed by atoms with van der Waals surface area (Å²) in [6.45, 7) is 2.24. The molecular weight excluding hydrogens is 348 g/mol. The van der Waals surface area contributed by atoms with Crippen molar-refractivity contribution in [3.63, 3.8) is 0 Å². The van der Waals surface area contributed by atoms with Gasteiger partial charge in [-0.3, -0.25) is 0 Å². The average Bonchev–Trinajstić information content (AvgIpc) is 2.65. The molecule has 4 N–H and O–H groups in total. The van der Waals surface area contributed by atoms with Gasteiger partial charge in [-0.25, -0.2) is 9.59 Å². The minimum absolute atomic E-state index is 0.139. The van der Waals surface area contributed by atoms with Crippen molar-refractivity contribution < 1.29 is 24.2 Å². The van der Waals surface area contributed by atoms with E-state index in [0.29, 0.717) is 17.2 Å². The zero-order valence-corrected chi connectivity index (χ0v) is 15.2. The zero-order chi connectivity index (χ0) is 19.6. The highest BCUT2D eigenvalue weighted by atomic mass is 16.5. The number of carboxylic acids is 1. The van der Waals surface area contributed by atoms with Gasteiger partial charge in [-0.05, 0) is 48.4 Å². The second-order valence-electron chi connectivity index (χ2n) is 6.04. The quantitative estimate of drug-likeness (QED) is 0.458. The number of unbranched alkanes of at least 4 members (excludes halogenated alkanes) is 1. The molecule has 0 aliphatic carbocycles. The molecular formula is C20H24N2O5. The van der Waals surface area contributed by atoms with Gasteiger partial charge in [-0.2, -0.15) is 0 Å². The van der Waals surface area contributed by atoms with E-state index in [1.807, 2.05) is 6.92 Å². The van der Waals surface area contributed by atoms with Crippen molar-refractivity contribution in [1.29, 1.82) is 0 Å². The Bertz CT molecular complexity index is 744. The van der Waals surface area contributed by atoms with Crippen LogP contribution >= 0.6 is 0 Å². The zero-order valence-electron chi connectivity index (χ0n) is 15.2. The maximum Gasteiger partial charge on any atom is 0.407 e. The fraction of sp³-hybridized carbons (Fsp3) is 0.300. The van der Waals surface area contributed by atoms with Gasteiger partial charge in [0.25, 0.3) is 0 Å². The minimum Gasteiger partial charge on any atom is -0.480 e. The highest BCUT2D eigenvalue weighted by Gasteiger charge is 2.21. The summed E-state index contributed by atoms with van der Waals surface area (Å²) < 4.78 is 10.7. The molecule has 0 heterocycles. The van der Waals surface area contributed by atoms with Gasteiger partial charge in [0.15, 0.2) is 0 Å². The van der Waals surface area contributed by atoms with E-state index >= 15 is 0 Å². The molecule has 0 radical (unpaired) electrons. The molecule has 2 aromatic rings. The smallest absolute Gasteiger partial charge is 0.407 e. The standard InChI is InChI=1S/C20H24N2O5/c1-2-3-12-26-20(25)22-18(19(23)24)13-14-4-8-16(9-5-14)27-17-10-6-15(21)7-11-17/h4-11,18H,2-3,12-13,21H2,1H3,(H,22,25)(H,23,24). The average molecular weight is 372 g/mol. The number of hydrogen-bond donors (Lipinski definition) is 3. The third-order valence-electron chi connectivity index (χ3n) is 3.80. The van der Waals surface area contributed by atoms with E-state index in [1.165, 1.54) is 0 Å². The fourth-order valence-corrected chi connectivity index (χ4v) is 2.29. The van der Waals surface area contributed by atoms with E-state index in [2.05, 4.69) is 5.32 Å². The maximum atomic E-state index is 11.7. The number of carbonyl (C=O) groups excluding carboxylic acids is 1. The van der Waals surface area contributed by atoms with E-state index < -0.39 is 18.1 Å². The molecule has 0 saturated heterocycles. The molecule has 7 nitrogen and oxygen atoms in total. The van der Waals surface area contributed by atoms with E-state index in [-0.39, 0.29) is 13.0 Å². The topological polar surface area (TPSA) is 111 Å². The van der Waals surface area contributed by atoms with Crippen LogP contribution in [-0.2, 0) is 16.0 Å². The lowest BCUT2D eigenvalue weighted by Gasteiger charge is -2.15. The van der Waals surface area contributed by atoms with E-state index in [9.17, 15) is 14.7 Å². The molecule has 0 bridgehead atoms. The Morgan fingerprint density at radius 1 is 1.07 bits per heavy atom. The van der Waals surface area contributed by atoms with Crippen LogP contribution in [0.4, 0.5) is 10.5 Å². The Hall–Kier alpha value is -3.22.